The second-order valence-electron chi connectivity index (χ2n) is 4.51. The minimum atomic E-state index is 0. The van der Waals surface area contributed by atoms with Crippen molar-refractivity contribution < 1.29 is 0 Å². The quantitative estimate of drug-likeness (QED) is 0.359. The first-order valence-corrected chi connectivity index (χ1v) is 8.49. The van der Waals surface area contributed by atoms with Gasteiger partial charge in [0.1, 0.15) is 0 Å². The van der Waals surface area contributed by atoms with Crippen molar-refractivity contribution in [3.63, 3.8) is 0 Å². The molecule has 5 nitrogen and oxygen atoms in total. The molecule has 0 amide bonds. The lowest BCUT2D eigenvalue weighted by molar-refractivity contribution is 0.790. The van der Waals surface area contributed by atoms with E-state index in [-0.39, 0.29) is 24.0 Å². The van der Waals surface area contributed by atoms with Gasteiger partial charge in [-0.1, -0.05) is 6.07 Å². The fraction of sp³-hybridized carbons (Fsp3) is 0.286. The normalized spacial score (nSPS) is 11.4. The average Bonchev–Trinajstić information content (AvgIpc) is 3.18. The summed E-state index contributed by atoms with van der Waals surface area (Å²) in [6.45, 7) is 1.55. The lowest BCUT2D eigenvalue weighted by Crippen LogP contribution is -2.37. The van der Waals surface area contributed by atoms with Crippen LogP contribution >= 0.6 is 46.7 Å². The van der Waals surface area contributed by atoms with Crippen molar-refractivity contribution in [1.82, 2.24) is 20.0 Å². The number of thiophene rings is 1. The smallest absolute Gasteiger partial charge is 0.193 e. The van der Waals surface area contributed by atoms with Crippen LogP contribution in [0, 0.1) is 0 Å². The highest BCUT2D eigenvalue weighted by atomic mass is 127. The van der Waals surface area contributed by atoms with Gasteiger partial charge in [-0.15, -0.1) is 46.7 Å². The molecule has 0 atom stereocenters. The minimum absolute atomic E-state index is 0. The molecule has 0 spiro atoms. The Kier molecular flexibility index (Phi) is 6.65. The van der Waals surface area contributed by atoms with Crippen LogP contribution in [0.4, 0.5) is 0 Å². The summed E-state index contributed by atoms with van der Waals surface area (Å²) >= 11 is 3.42. The third-order valence-electron chi connectivity index (χ3n) is 3.05. The van der Waals surface area contributed by atoms with Crippen LogP contribution in [0.3, 0.4) is 0 Å². The number of aliphatic imine (C=N–C) groups is 1. The summed E-state index contributed by atoms with van der Waals surface area (Å²) in [5.41, 5.74) is 1.02. The van der Waals surface area contributed by atoms with Crippen LogP contribution in [-0.4, -0.2) is 28.9 Å². The molecular weight excluding hydrogens is 429 g/mol. The Morgan fingerprint density at radius 3 is 2.95 bits per heavy atom. The number of guanidine groups is 1. The second kappa shape index (κ2) is 8.49. The molecule has 0 saturated carbocycles. The fourth-order valence-corrected chi connectivity index (χ4v) is 3.44. The molecule has 0 radical (unpaired) electrons. The van der Waals surface area contributed by atoms with Crippen molar-refractivity contribution in [2.24, 2.45) is 4.99 Å². The summed E-state index contributed by atoms with van der Waals surface area (Å²) in [6, 6.07) is 4.23. The number of hydrogen-bond donors (Lipinski definition) is 2. The van der Waals surface area contributed by atoms with Crippen molar-refractivity contribution in [2.45, 2.75) is 13.0 Å². The van der Waals surface area contributed by atoms with Crippen LogP contribution < -0.4 is 10.6 Å². The van der Waals surface area contributed by atoms with E-state index in [1.807, 2.05) is 22.2 Å². The zero-order chi connectivity index (χ0) is 14.5. The first kappa shape index (κ1) is 17.2. The fourth-order valence-electron chi connectivity index (χ4n) is 2.02. The number of imidazole rings is 1. The molecule has 0 fully saturated rings. The summed E-state index contributed by atoms with van der Waals surface area (Å²) in [4.78, 5) is 11.2. The molecule has 2 N–H and O–H groups in total. The van der Waals surface area contributed by atoms with Crippen LogP contribution in [0.15, 0.2) is 40.3 Å². The number of hydrogen-bond acceptors (Lipinski definition) is 4. The number of aromatic nitrogens is 2. The van der Waals surface area contributed by atoms with Gasteiger partial charge < -0.3 is 10.6 Å². The number of nitrogens with one attached hydrogen (secondary N) is 2. The number of nitrogens with zero attached hydrogens (tertiary/aromatic N) is 3. The highest BCUT2D eigenvalue weighted by molar-refractivity contribution is 14.0. The molecular formula is C14H18IN5S2. The molecule has 0 aliphatic heterocycles. The Hall–Kier alpha value is -1.13. The summed E-state index contributed by atoms with van der Waals surface area (Å²) in [5.74, 6) is 0.808. The summed E-state index contributed by atoms with van der Waals surface area (Å²) in [7, 11) is 1.78. The van der Waals surface area contributed by atoms with E-state index in [2.05, 4.69) is 38.1 Å². The maximum atomic E-state index is 4.54. The van der Waals surface area contributed by atoms with Gasteiger partial charge in [0.15, 0.2) is 10.9 Å². The second-order valence-corrected chi connectivity index (χ2v) is 6.41. The maximum Gasteiger partial charge on any atom is 0.193 e. The lowest BCUT2D eigenvalue weighted by atomic mass is 10.3. The average molecular weight is 447 g/mol. The summed E-state index contributed by atoms with van der Waals surface area (Å²) in [6.07, 6.45) is 5.07. The number of thiazole rings is 1. The molecule has 3 heterocycles. The lowest BCUT2D eigenvalue weighted by Gasteiger charge is -2.10. The molecule has 3 rings (SSSR count). The molecule has 0 aromatic carbocycles. The van der Waals surface area contributed by atoms with Gasteiger partial charge in [0.2, 0.25) is 0 Å². The predicted molar refractivity (Wildman–Crippen MR) is 105 cm³/mol. The first-order valence-electron chi connectivity index (χ1n) is 6.73. The molecule has 8 heteroatoms. The van der Waals surface area contributed by atoms with Crippen LogP contribution in [0.5, 0.6) is 0 Å². The Labute approximate surface area is 154 Å². The van der Waals surface area contributed by atoms with Gasteiger partial charge in [0.25, 0.3) is 0 Å². The zero-order valence-corrected chi connectivity index (χ0v) is 16.1. The van der Waals surface area contributed by atoms with Gasteiger partial charge in [0, 0.05) is 36.2 Å². The summed E-state index contributed by atoms with van der Waals surface area (Å²) < 4.78 is 2.04. The molecule has 0 aliphatic rings. The SMILES string of the molecule is CN=C(NCCc1cccs1)NCc1cn2ccsc2n1.I. The van der Waals surface area contributed by atoms with E-state index in [1.54, 1.807) is 29.7 Å². The third kappa shape index (κ3) is 4.43. The summed E-state index contributed by atoms with van der Waals surface area (Å²) in [5, 5.41) is 10.7. The van der Waals surface area contributed by atoms with E-state index in [0.29, 0.717) is 6.54 Å². The van der Waals surface area contributed by atoms with Crippen LogP contribution in [0.2, 0.25) is 0 Å². The van der Waals surface area contributed by atoms with Crippen LogP contribution in [0.1, 0.15) is 10.6 Å². The van der Waals surface area contributed by atoms with Crippen molar-refractivity contribution in [1.29, 1.82) is 0 Å². The van der Waals surface area contributed by atoms with Crippen molar-refractivity contribution in [2.75, 3.05) is 13.6 Å². The molecule has 3 aromatic heterocycles. The van der Waals surface area contributed by atoms with E-state index in [0.717, 1.165) is 29.6 Å². The molecule has 118 valence electrons. The van der Waals surface area contributed by atoms with Crippen molar-refractivity contribution in [3.05, 3.63) is 45.9 Å². The Morgan fingerprint density at radius 2 is 2.23 bits per heavy atom. The molecule has 0 aliphatic carbocycles. The molecule has 22 heavy (non-hydrogen) atoms. The zero-order valence-electron chi connectivity index (χ0n) is 12.2. The van der Waals surface area contributed by atoms with Gasteiger partial charge in [-0.05, 0) is 17.9 Å². The predicted octanol–water partition coefficient (Wildman–Crippen LogP) is 2.98. The first-order chi connectivity index (χ1) is 10.3. The molecule has 3 aromatic rings. The van der Waals surface area contributed by atoms with E-state index in [9.17, 15) is 0 Å². The molecule has 0 saturated heterocycles. The third-order valence-corrected chi connectivity index (χ3v) is 4.75. The monoisotopic (exact) mass is 447 g/mol. The van der Waals surface area contributed by atoms with E-state index >= 15 is 0 Å². The van der Waals surface area contributed by atoms with E-state index < -0.39 is 0 Å². The number of rotatable bonds is 5. The Morgan fingerprint density at radius 1 is 1.32 bits per heavy atom. The topological polar surface area (TPSA) is 53.7 Å². The van der Waals surface area contributed by atoms with Gasteiger partial charge in [-0.3, -0.25) is 9.39 Å². The largest absolute Gasteiger partial charge is 0.356 e. The van der Waals surface area contributed by atoms with E-state index in [1.165, 1.54) is 4.88 Å². The van der Waals surface area contributed by atoms with Gasteiger partial charge in [0.05, 0.1) is 12.2 Å². The van der Waals surface area contributed by atoms with Crippen LogP contribution in [0.25, 0.3) is 4.96 Å². The number of fused-ring (bicyclic) bond motifs is 1. The Balaban J connectivity index is 0.00000176. The Bertz CT molecular complexity index is 688. The van der Waals surface area contributed by atoms with Gasteiger partial charge in [-0.2, -0.15) is 0 Å². The highest BCUT2D eigenvalue weighted by Gasteiger charge is 2.04. The highest BCUT2D eigenvalue weighted by Crippen LogP contribution is 2.11. The molecule has 0 bridgehead atoms. The van der Waals surface area contributed by atoms with Crippen molar-refractivity contribution in [3.8, 4) is 0 Å². The van der Waals surface area contributed by atoms with Gasteiger partial charge >= 0.3 is 0 Å². The van der Waals surface area contributed by atoms with Crippen LogP contribution in [-0.2, 0) is 13.0 Å². The van der Waals surface area contributed by atoms with E-state index in [4.69, 9.17) is 0 Å². The number of halogens is 1. The van der Waals surface area contributed by atoms with Crippen molar-refractivity contribution >= 4 is 57.6 Å². The standard InChI is InChI=1S/C14H17N5S2.HI/c1-15-13(16-5-4-12-3-2-7-20-12)17-9-11-10-19-6-8-21-14(19)18-11;/h2-3,6-8,10H,4-5,9H2,1H3,(H2,15,16,17);1H. The minimum Gasteiger partial charge on any atom is -0.356 e. The maximum absolute atomic E-state index is 4.54. The molecule has 0 unspecified atom stereocenters. The van der Waals surface area contributed by atoms with Gasteiger partial charge in [-0.25, -0.2) is 4.98 Å².